The Morgan fingerprint density at radius 2 is 1.78 bits per heavy atom. The Hall–Kier alpha value is -2.20. The monoisotopic (exact) mass is 235 g/mol. The van der Waals surface area contributed by atoms with Crippen LogP contribution in [0.2, 0.25) is 0 Å². The molecule has 90 valence electrons. The maximum atomic E-state index is 3.35. The highest BCUT2D eigenvalue weighted by Gasteiger charge is 1.95. The maximum Gasteiger partial charge on any atom is 0.0769 e. The molecule has 0 aromatic heterocycles. The van der Waals surface area contributed by atoms with Crippen LogP contribution in [0.4, 0.5) is 5.69 Å². The average molecular weight is 235 g/mol. The summed E-state index contributed by atoms with van der Waals surface area (Å²) in [7, 11) is 0. The third-order valence-electron chi connectivity index (χ3n) is 2.77. The zero-order chi connectivity index (χ0) is 12.8. The Bertz CT molecular complexity index is 574. The van der Waals surface area contributed by atoms with Crippen molar-refractivity contribution in [1.82, 2.24) is 0 Å². The van der Waals surface area contributed by atoms with Gasteiger partial charge < -0.3 is 5.32 Å². The molecule has 0 aliphatic carbocycles. The van der Waals surface area contributed by atoms with Gasteiger partial charge in [0.25, 0.3) is 0 Å². The number of hydrogen-bond acceptors (Lipinski definition) is 1. The molecule has 0 amide bonds. The molecule has 0 saturated carbocycles. The van der Waals surface area contributed by atoms with Gasteiger partial charge in [0, 0.05) is 11.3 Å². The van der Waals surface area contributed by atoms with Crippen molar-refractivity contribution >= 4 is 5.69 Å². The van der Waals surface area contributed by atoms with Crippen LogP contribution in [0.15, 0.2) is 48.5 Å². The van der Waals surface area contributed by atoms with E-state index < -0.39 is 0 Å². The molecular formula is C17H17N. The van der Waals surface area contributed by atoms with Gasteiger partial charge in [0.1, 0.15) is 0 Å². The van der Waals surface area contributed by atoms with E-state index in [9.17, 15) is 0 Å². The number of nitrogens with one attached hydrogen (secondary N) is 1. The first-order valence-electron chi connectivity index (χ1n) is 6.11. The molecule has 0 aliphatic heterocycles. The van der Waals surface area contributed by atoms with Gasteiger partial charge in [-0.3, -0.25) is 0 Å². The predicted octanol–water partition coefficient (Wildman–Crippen LogP) is 3.77. The fourth-order valence-corrected chi connectivity index (χ4v) is 1.73. The normalized spacial score (nSPS) is 9.44. The van der Waals surface area contributed by atoms with Crippen molar-refractivity contribution in [3.05, 3.63) is 65.2 Å². The molecule has 0 aliphatic rings. The smallest absolute Gasteiger partial charge is 0.0769 e. The standard InChI is InChI=1S/C17H17N/c1-14-10-11-15(2)17(13-14)18-12-6-9-16-7-4-3-5-8-16/h3-5,7-8,10-11,13,18H,12H2,1-2H3. The Balaban J connectivity index is 1.97. The van der Waals surface area contributed by atoms with Crippen molar-refractivity contribution in [2.75, 3.05) is 11.9 Å². The molecule has 0 saturated heterocycles. The molecule has 2 aromatic rings. The lowest BCUT2D eigenvalue weighted by Gasteiger charge is -2.07. The van der Waals surface area contributed by atoms with Crippen LogP contribution in [0.5, 0.6) is 0 Å². The summed E-state index contributed by atoms with van der Waals surface area (Å²) < 4.78 is 0. The highest BCUT2D eigenvalue weighted by Crippen LogP contribution is 2.15. The van der Waals surface area contributed by atoms with Crippen LogP contribution in [0.25, 0.3) is 0 Å². The zero-order valence-corrected chi connectivity index (χ0v) is 10.8. The number of hydrogen-bond donors (Lipinski definition) is 1. The summed E-state index contributed by atoms with van der Waals surface area (Å²) in [4.78, 5) is 0. The van der Waals surface area contributed by atoms with Crippen LogP contribution >= 0.6 is 0 Å². The third-order valence-corrected chi connectivity index (χ3v) is 2.77. The second-order valence-corrected chi connectivity index (χ2v) is 4.34. The fourth-order valence-electron chi connectivity index (χ4n) is 1.73. The quantitative estimate of drug-likeness (QED) is 0.781. The molecule has 0 unspecified atom stereocenters. The first kappa shape index (κ1) is 12.3. The van der Waals surface area contributed by atoms with Crippen molar-refractivity contribution in [3.8, 4) is 11.8 Å². The molecule has 0 bridgehead atoms. The molecule has 1 nitrogen and oxygen atoms in total. The first-order valence-corrected chi connectivity index (χ1v) is 6.11. The number of benzene rings is 2. The van der Waals surface area contributed by atoms with Crippen molar-refractivity contribution < 1.29 is 0 Å². The average Bonchev–Trinajstić information content (AvgIpc) is 2.40. The van der Waals surface area contributed by atoms with Crippen molar-refractivity contribution in [1.29, 1.82) is 0 Å². The summed E-state index contributed by atoms with van der Waals surface area (Å²) in [5, 5.41) is 3.35. The molecule has 18 heavy (non-hydrogen) atoms. The Labute approximate surface area is 109 Å². The number of anilines is 1. The van der Waals surface area contributed by atoms with E-state index in [1.165, 1.54) is 11.1 Å². The van der Waals surface area contributed by atoms with Gasteiger partial charge in [-0.15, -0.1) is 0 Å². The summed E-state index contributed by atoms with van der Waals surface area (Å²) in [6.07, 6.45) is 0. The van der Waals surface area contributed by atoms with Crippen molar-refractivity contribution in [2.45, 2.75) is 13.8 Å². The van der Waals surface area contributed by atoms with E-state index in [2.05, 4.69) is 49.2 Å². The largest absolute Gasteiger partial charge is 0.374 e. The highest BCUT2D eigenvalue weighted by molar-refractivity contribution is 5.53. The summed E-state index contributed by atoms with van der Waals surface area (Å²) in [5.74, 6) is 6.27. The van der Waals surface area contributed by atoms with Gasteiger partial charge in [-0.05, 0) is 43.2 Å². The van der Waals surface area contributed by atoms with Gasteiger partial charge in [-0.1, -0.05) is 42.2 Å². The minimum Gasteiger partial charge on any atom is -0.374 e. The third kappa shape index (κ3) is 3.40. The second-order valence-electron chi connectivity index (χ2n) is 4.34. The maximum absolute atomic E-state index is 3.35. The highest BCUT2D eigenvalue weighted by atomic mass is 14.9. The second kappa shape index (κ2) is 5.93. The van der Waals surface area contributed by atoms with Gasteiger partial charge in [-0.25, -0.2) is 0 Å². The Morgan fingerprint density at radius 3 is 2.56 bits per heavy atom. The minimum absolute atomic E-state index is 0.666. The molecular weight excluding hydrogens is 218 g/mol. The van der Waals surface area contributed by atoms with Crippen molar-refractivity contribution in [3.63, 3.8) is 0 Å². The van der Waals surface area contributed by atoms with Crippen LogP contribution < -0.4 is 5.32 Å². The SMILES string of the molecule is Cc1ccc(C)c(NCC#Cc2ccccc2)c1. The molecule has 0 radical (unpaired) electrons. The lowest BCUT2D eigenvalue weighted by molar-refractivity contribution is 1.31. The molecule has 0 heterocycles. The molecule has 0 atom stereocenters. The van der Waals surface area contributed by atoms with Crippen LogP contribution in [-0.2, 0) is 0 Å². The Morgan fingerprint density at radius 1 is 1.00 bits per heavy atom. The van der Waals surface area contributed by atoms with E-state index in [1.54, 1.807) is 0 Å². The molecule has 1 heteroatoms. The summed E-state index contributed by atoms with van der Waals surface area (Å²) in [6, 6.07) is 16.4. The first-order chi connectivity index (χ1) is 8.75. The lowest BCUT2D eigenvalue weighted by Crippen LogP contribution is -2.00. The van der Waals surface area contributed by atoms with Gasteiger partial charge in [0.2, 0.25) is 0 Å². The summed E-state index contributed by atoms with van der Waals surface area (Å²) in [6.45, 7) is 4.87. The molecule has 0 fully saturated rings. The van der Waals surface area contributed by atoms with Gasteiger partial charge in [0.15, 0.2) is 0 Å². The Kier molecular flexibility index (Phi) is 4.04. The van der Waals surface area contributed by atoms with E-state index in [-0.39, 0.29) is 0 Å². The molecule has 1 N–H and O–H groups in total. The van der Waals surface area contributed by atoms with Gasteiger partial charge in [-0.2, -0.15) is 0 Å². The van der Waals surface area contributed by atoms with Gasteiger partial charge >= 0.3 is 0 Å². The molecule has 2 aromatic carbocycles. The van der Waals surface area contributed by atoms with Crippen LogP contribution in [0, 0.1) is 25.7 Å². The lowest BCUT2D eigenvalue weighted by atomic mass is 10.1. The fraction of sp³-hybridized carbons (Fsp3) is 0.176. The van der Waals surface area contributed by atoms with E-state index in [1.807, 2.05) is 30.3 Å². The topological polar surface area (TPSA) is 12.0 Å². The van der Waals surface area contributed by atoms with Crippen LogP contribution in [0.3, 0.4) is 0 Å². The van der Waals surface area contributed by atoms with E-state index >= 15 is 0 Å². The summed E-state index contributed by atoms with van der Waals surface area (Å²) >= 11 is 0. The van der Waals surface area contributed by atoms with E-state index in [4.69, 9.17) is 0 Å². The van der Waals surface area contributed by atoms with E-state index in [0.29, 0.717) is 6.54 Å². The van der Waals surface area contributed by atoms with Crippen molar-refractivity contribution in [2.24, 2.45) is 0 Å². The van der Waals surface area contributed by atoms with Crippen LogP contribution in [0.1, 0.15) is 16.7 Å². The number of aryl methyl sites for hydroxylation is 2. The van der Waals surface area contributed by atoms with Gasteiger partial charge in [0.05, 0.1) is 6.54 Å². The summed E-state index contributed by atoms with van der Waals surface area (Å²) in [5.41, 5.74) is 4.74. The number of rotatable bonds is 2. The minimum atomic E-state index is 0.666. The predicted molar refractivity (Wildman–Crippen MR) is 77.7 cm³/mol. The van der Waals surface area contributed by atoms with Crippen LogP contribution in [-0.4, -0.2) is 6.54 Å². The van der Waals surface area contributed by atoms with E-state index in [0.717, 1.165) is 11.3 Å². The molecule has 0 spiro atoms. The zero-order valence-electron chi connectivity index (χ0n) is 10.8. The molecule has 2 rings (SSSR count).